The van der Waals surface area contributed by atoms with Crippen molar-refractivity contribution in [3.05, 3.63) is 32.8 Å². The third-order valence-corrected chi connectivity index (χ3v) is 4.57. The van der Waals surface area contributed by atoms with E-state index in [4.69, 9.17) is 11.6 Å². The molecule has 1 fully saturated rings. The minimum Gasteiger partial charge on any atom is -0.381 e. The Bertz CT molecular complexity index is 538. The topological polar surface area (TPSA) is 58.4 Å². The molecule has 1 aromatic rings. The molecule has 2 rings (SSSR count). The van der Waals surface area contributed by atoms with Crippen LogP contribution in [0.1, 0.15) is 39.2 Å². The average Bonchev–Trinajstić information content (AvgIpc) is 2.42. The van der Waals surface area contributed by atoms with E-state index in [1.165, 1.54) is 6.07 Å². The molecule has 6 heteroatoms. The zero-order chi connectivity index (χ0) is 16.5. The van der Waals surface area contributed by atoms with Crippen molar-refractivity contribution in [2.24, 2.45) is 0 Å². The van der Waals surface area contributed by atoms with Gasteiger partial charge < -0.3 is 5.32 Å². The van der Waals surface area contributed by atoms with Crippen LogP contribution in [0.3, 0.4) is 0 Å². The number of anilines is 1. The van der Waals surface area contributed by atoms with E-state index in [0.717, 1.165) is 37.2 Å². The maximum atomic E-state index is 10.9. The summed E-state index contributed by atoms with van der Waals surface area (Å²) >= 11 is 6.22. The lowest BCUT2D eigenvalue weighted by Gasteiger charge is -2.41. The molecule has 1 aliphatic rings. The van der Waals surface area contributed by atoms with E-state index in [9.17, 15) is 10.1 Å². The molecule has 1 aromatic carbocycles. The van der Waals surface area contributed by atoms with E-state index < -0.39 is 4.92 Å². The van der Waals surface area contributed by atoms with Crippen molar-refractivity contribution in [2.75, 3.05) is 18.4 Å². The quantitative estimate of drug-likeness (QED) is 0.667. The highest BCUT2D eigenvalue weighted by Crippen LogP contribution is 2.32. The highest BCUT2D eigenvalue weighted by atomic mass is 35.5. The molecule has 0 atom stereocenters. The second kappa shape index (κ2) is 6.42. The number of nitrogens with zero attached hydrogens (tertiary/aromatic N) is 2. The first-order chi connectivity index (χ1) is 10.2. The number of nitrogens with one attached hydrogen (secondary N) is 1. The summed E-state index contributed by atoms with van der Waals surface area (Å²) in [6.07, 6.45) is 2.09. The SMILES string of the molecule is Cc1cc([N+](=O)[O-])cc(Cl)c1NC1CCN(C(C)(C)C)CC1. The molecule has 22 heavy (non-hydrogen) atoms. The number of aryl methyl sites for hydroxylation is 1. The van der Waals surface area contributed by atoms with Crippen molar-refractivity contribution in [3.8, 4) is 0 Å². The first-order valence-corrected chi connectivity index (χ1v) is 8.02. The van der Waals surface area contributed by atoms with Crippen molar-refractivity contribution in [2.45, 2.75) is 52.1 Å². The lowest BCUT2D eigenvalue weighted by atomic mass is 9.97. The van der Waals surface area contributed by atoms with Crippen LogP contribution >= 0.6 is 11.6 Å². The van der Waals surface area contributed by atoms with Gasteiger partial charge in [0.05, 0.1) is 15.6 Å². The Morgan fingerprint density at radius 3 is 2.36 bits per heavy atom. The molecule has 5 nitrogen and oxygen atoms in total. The van der Waals surface area contributed by atoms with Crippen molar-refractivity contribution in [3.63, 3.8) is 0 Å². The number of rotatable bonds is 3. The molecule has 122 valence electrons. The molecule has 0 amide bonds. The highest BCUT2D eigenvalue weighted by molar-refractivity contribution is 6.33. The lowest BCUT2D eigenvalue weighted by Crippen LogP contribution is -2.48. The summed E-state index contributed by atoms with van der Waals surface area (Å²) in [5, 5.41) is 14.8. The summed E-state index contributed by atoms with van der Waals surface area (Å²) in [4.78, 5) is 12.9. The van der Waals surface area contributed by atoms with Gasteiger partial charge in [0.2, 0.25) is 0 Å². The van der Waals surface area contributed by atoms with Gasteiger partial charge in [-0.2, -0.15) is 0 Å². The van der Waals surface area contributed by atoms with E-state index in [1.54, 1.807) is 6.07 Å². The normalized spacial score (nSPS) is 17.5. The molecule has 0 spiro atoms. The van der Waals surface area contributed by atoms with Gasteiger partial charge in [0.1, 0.15) is 0 Å². The smallest absolute Gasteiger partial charge is 0.271 e. The number of non-ortho nitro benzene ring substituents is 1. The summed E-state index contributed by atoms with van der Waals surface area (Å²) in [5.41, 5.74) is 1.88. The fourth-order valence-corrected chi connectivity index (χ4v) is 3.23. The molecule has 0 aromatic heterocycles. The third-order valence-electron chi connectivity index (χ3n) is 4.28. The first-order valence-electron chi connectivity index (χ1n) is 7.64. The predicted octanol–water partition coefficient (Wildman–Crippen LogP) is 4.23. The van der Waals surface area contributed by atoms with Gasteiger partial charge in [0.25, 0.3) is 5.69 Å². The van der Waals surface area contributed by atoms with Gasteiger partial charge in [0.15, 0.2) is 0 Å². The van der Waals surface area contributed by atoms with E-state index in [0.29, 0.717) is 11.1 Å². The lowest BCUT2D eigenvalue weighted by molar-refractivity contribution is -0.384. The van der Waals surface area contributed by atoms with Crippen LogP contribution in [0.2, 0.25) is 5.02 Å². The Labute approximate surface area is 136 Å². The molecule has 1 aliphatic heterocycles. The van der Waals surface area contributed by atoms with Gasteiger partial charge in [-0.15, -0.1) is 0 Å². The zero-order valence-electron chi connectivity index (χ0n) is 13.6. The Morgan fingerprint density at radius 2 is 1.91 bits per heavy atom. The maximum absolute atomic E-state index is 10.9. The Balaban J connectivity index is 2.05. The van der Waals surface area contributed by atoms with Crippen molar-refractivity contribution in [1.82, 2.24) is 4.90 Å². The molecule has 0 bridgehead atoms. The van der Waals surface area contributed by atoms with E-state index in [2.05, 4.69) is 31.0 Å². The summed E-state index contributed by atoms with van der Waals surface area (Å²) in [7, 11) is 0. The molecular formula is C16H24ClN3O2. The van der Waals surface area contributed by atoms with Gasteiger partial charge in [-0.1, -0.05) is 11.6 Å². The van der Waals surface area contributed by atoms with Crippen LogP contribution < -0.4 is 5.32 Å². The number of hydrogen-bond donors (Lipinski definition) is 1. The predicted molar refractivity (Wildman–Crippen MR) is 90.8 cm³/mol. The number of nitro groups is 1. The van der Waals surface area contributed by atoms with E-state index in [-0.39, 0.29) is 11.2 Å². The molecule has 0 saturated carbocycles. The standard InChI is InChI=1S/C16H24ClN3O2/c1-11-9-13(20(21)22)10-14(17)15(11)18-12-5-7-19(8-6-12)16(2,3)4/h9-10,12,18H,5-8H2,1-4H3. The minimum absolute atomic E-state index is 0.0376. The van der Waals surface area contributed by atoms with E-state index in [1.807, 2.05) is 6.92 Å². The number of hydrogen-bond acceptors (Lipinski definition) is 4. The Morgan fingerprint density at radius 1 is 1.32 bits per heavy atom. The molecule has 1 N–H and O–H groups in total. The second-order valence-electron chi connectivity index (χ2n) is 6.95. The molecular weight excluding hydrogens is 302 g/mol. The van der Waals surface area contributed by atoms with Crippen LogP contribution in [-0.2, 0) is 0 Å². The average molecular weight is 326 g/mol. The number of piperidine rings is 1. The highest BCUT2D eigenvalue weighted by Gasteiger charge is 2.27. The zero-order valence-corrected chi connectivity index (χ0v) is 14.4. The number of halogens is 1. The van der Waals surface area contributed by atoms with Crippen LogP contribution in [0.4, 0.5) is 11.4 Å². The molecule has 0 aliphatic carbocycles. The van der Waals surface area contributed by atoms with Gasteiger partial charge in [-0.3, -0.25) is 15.0 Å². The van der Waals surface area contributed by atoms with Gasteiger partial charge >= 0.3 is 0 Å². The van der Waals surface area contributed by atoms with Crippen LogP contribution in [0.25, 0.3) is 0 Å². The Hall–Kier alpha value is -1.33. The van der Waals surface area contributed by atoms with Crippen molar-refractivity contribution in [1.29, 1.82) is 0 Å². The number of benzene rings is 1. The maximum Gasteiger partial charge on any atom is 0.271 e. The molecule has 0 unspecified atom stereocenters. The van der Waals surface area contributed by atoms with Crippen molar-refractivity contribution < 1.29 is 4.92 Å². The van der Waals surface area contributed by atoms with Crippen LogP contribution in [-0.4, -0.2) is 34.5 Å². The monoisotopic (exact) mass is 325 g/mol. The minimum atomic E-state index is -0.412. The van der Waals surface area contributed by atoms with Crippen LogP contribution in [0, 0.1) is 17.0 Å². The summed E-state index contributed by atoms with van der Waals surface area (Å²) in [5.74, 6) is 0. The van der Waals surface area contributed by atoms with E-state index >= 15 is 0 Å². The molecule has 0 radical (unpaired) electrons. The second-order valence-corrected chi connectivity index (χ2v) is 7.36. The number of likely N-dealkylation sites (tertiary alicyclic amines) is 1. The van der Waals surface area contributed by atoms with Gasteiger partial charge in [0, 0.05) is 36.8 Å². The summed E-state index contributed by atoms with van der Waals surface area (Å²) in [6, 6.07) is 3.34. The fraction of sp³-hybridized carbons (Fsp3) is 0.625. The van der Waals surface area contributed by atoms with Crippen LogP contribution in [0.5, 0.6) is 0 Å². The summed E-state index contributed by atoms with van der Waals surface area (Å²) in [6.45, 7) is 10.6. The summed E-state index contributed by atoms with van der Waals surface area (Å²) < 4.78 is 0. The molecule has 1 heterocycles. The first kappa shape index (κ1) is 17.0. The third kappa shape index (κ3) is 3.90. The molecule has 1 saturated heterocycles. The van der Waals surface area contributed by atoms with Crippen molar-refractivity contribution >= 4 is 23.0 Å². The van der Waals surface area contributed by atoms with Gasteiger partial charge in [-0.05, 0) is 46.1 Å². The Kier molecular flexibility index (Phi) is 4.97. The number of nitro benzene ring substituents is 1. The van der Waals surface area contributed by atoms with Crippen LogP contribution in [0.15, 0.2) is 12.1 Å². The van der Waals surface area contributed by atoms with Gasteiger partial charge in [-0.25, -0.2) is 0 Å². The fourth-order valence-electron chi connectivity index (χ4n) is 2.91. The largest absolute Gasteiger partial charge is 0.381 e.